The van der Waals surface area contributed by atoms with Gasteiger partial charge in [0.05, 0.1) is 11.6 Å². The van der Waals surface area contributed by atoms with E-state index >= 15 is 0 Å². The van der Waals surface area contributed by atoms with E-state index in [0.29, 0.717) is 41.6 Å². The van der Waals surface area contributed by atoms with Gasteiger partial charge < -0.3 is 20.1 Å². The molecule has 44 heavy (non-hydrogen) atoms. The highest BCUT2D eigenvalue weighted by molar-refractivity contribution is 5.98. The maximum absolute atomic E-state index is 14.1. The number of rotatable bonds is 7. The second-order valence-corrected chi connectivity index (χ2v) is 12.2. The number of likely N-dealkylation sites (tertiary alicyclic amines) is 1. The van der Waals surface area contributed by atoms with Crippen molar-refractivity contribution in [3.63, 3.8) is 0 Å². The van der Waals surface area contributed by atoms with Gasteiger partial charge in [0.2, 0.25) is 11.9 Å². The molecule has 0 radical (unpaired) electrons. The molecule has 0 spiro atoms. The van der Waals surface area contributed by atoms with Crippen molar-refractivity contribution in [1.82, 2.24) is 14.9 Å². The van der Waals surface area contributed by atoms with Gasteiger partial charge in [0.25, 0.3) is 0 Å². The van der Waals surface area contributed by atoms with E-state index in [-0.39, 0.29) is 17.8 Å². The summed E-state index contributed by atoms with van der Waals surface area (Å²) in [5.41, 5.74) is 3.74. The third-order valence-corrected chi connectivity index (χ3v) is 7.14. The first-order chi connectivity index (χ1) is 20.9. The highest BCUT2D eigenvalue weighted by Crippen LogP contribution is 2.36. The monoisotopic (exact) mass is 599 g/mol. The van der Waals surface area contributed by atoms with Crippen molar-refractivity contribution in [2.75, 3.05) is 17.2 Å². The van der Waals surface area contributed by atoms with Crippen molar-refractivity contribution in [2.24, 2.45) is 0 Å². The Balaban J connectivity index is 1.39. The summed E-state index contributed by atoms with van der Waals surface area (Å²) in [6.45, 7) is 11.6. The molecule has 1 aliphatic rings. The van der Waals surface area contributed by atoms with Gasteiger partial charge in [-0.2, -0.15) is 0 Å². The summed E-state index contributed by atoms with van der Waals surface area (Å²) in [5.74, 6) is 0.146. The number of nitrogens with zero attached hydrogens (tertiary/aromatic N) is 3. The van der Waals surface area contributed by atoms with Crippen LogP contribution in [0, 0.1) is 12.7 Å². The van der Waals surface area contributed by atoms with Gasteiger partial charge in [-0.05, 0) is 84.2 Å². The number of halogens is 1. The topological polar surface area (TPSA) is 106 Å². The second kappa shape index (κ2) is 12.5. The third-order valence-electron chi connectivity index (χ3n) is 7.14. The highest BCUT2D eigenvalue weighted by atomic mass is 19.1. The number of carbonyl (C=O) groups excluding carboxylic acids is 2. The molecule has 10 heteroatoms. The van der Waals surface area contributed by atoms with Crippen molar-refractivity contribution in [2.45, 2.75) is 72.1 Å². The maximum atomic E-state index is 14.1. The van der Waals surface area contributed by atoms with Crippen molar-refractivity contribution >= 4 is 40.2 Å². The fourth-order valence-electron chi connectivity index (χ4n) is 5.16. The average molecular weight is 600 g/mol. The molecule has 2 heterocycles. The van der Waals surface area contributed by atoms with Crippen molar-refractivity contribution in [1.29, 1.82) is 0 Å². The molecule has 1 aromatic heterocycles. The number of amides is 2. The Kier molecular flexibility index (Phi) is 8.71. The molecule has 2 amide bonds. The van der Waals surface area contributed by atoms with Crippen LogP contribution in [-0.4, -0.2) is 51.2 Å². The maximum Gasteiger partial charge on any atom is 0.410 e. The summed E-state index contributed by atoms with van der Waals surface area (Å²) in [7, 11) is 0. The Labute approximate surface area is 256 Å². The summed E-state index contributed by atoms with van der Waals surface area (Å²) < 4.78 is 25.6. The number of nitrogens with one attached hydrogen (secondary N) is 2. The number of hydrogen-bond donors (Lipinski definition) is 2. The lowest BCUT2D eigenvalue weighted by atomic mass is 10.0. The number of para-hydroxylation sites is 1. The van der Waals surface area contributed by atoms with Crippen LogP contribution in [0.2, 0.25) is 0 Å². The van der Waals surface area contributed by atoms with Crippen LogP contribution < -0.4 is 15.4 Å². The predicted octanol–water partition coefficient (Wildman–Crippen LogP) is 7.61. The minimum atomic E-state index is -0.646. The first kappa shape index (κ1) is 30.7. The Morgan fingerprint density at radius 3 is 2.61 bits per heavy atom. The van der Waals surface area contributed by atoms with E-state index in [1.54, 1.807) is 33.0 Å². The van der Waals surface area contributed by atoms with Gasteiger partial charge in [-0.15, -0.1) is 0 Å². The van der Waals surface area contributed by atoms with Gasteiger partial charge >= 0.3 is 6.09 Å². The number of fused-ring (bicyclic) bond motifs is 1. The summed E-state index contributed by atoms with van der Waals surface area (Å²) >= 11 is 0. The Morgan fingerprint density at radius 2 is 1.86 bits per heavy atom. The molecule has 4 aromatic rings. The molecular weight excluding hydrogens is 561 g/mol. The summed E-state index contributed by atoms with van der Waals surface area (Å²) in [6.07, 6.45) is 2.39. The first-order valence-corrected chi connectivity index (χ1v) is 14.8. The van der Waals surface area contributed by atoms with E-state index in [9.17, 15) is 14.0 Å². The minimum absolute atomic E-state index is 0.137. The quantitative estimate of drug-likeness (QED) is 0.225. The molecule has 0 aliphatic carbocycles. The number of aromatic nitrogens is 2. The Bertz CT molecular complexity index is 1700. The number of carbonyl (C=O) groups is 2. The molecule has 230 valence electrons. The number of anilines is 3. The summed E-state index contributed by atoms with van der Waals surface area (Å²) in [6, 6.07) is 15.1. The lowest BCUT2D eigenvalue weighted by molar-refractivity contribution is -0.120. The van der Waals surface area contributed by atoms with Crippen LogP contribution in [0.1, 0.15) is 53.0 Å². The minimum Gasteiger partial charge on any atom is -0.490 e. The number of benzene rings is 3. The SMILES string of the molecule is Cc1ccc(NC(=O)[C@H]2CCCN2C(=O)OC(C)(C)C)cc1Nc1ncc2cccc(-c3ccc(F)cc3OC(C)C)c2n1. The Morgan fingerprint density at radius 1 is 1.07 bits per heavy atom. The fourth-order valence-corrected chi connectivity index (χ4v) is 5.16. The Hall–Kier alpha value is -4.73. The molecule has 1 fully saturated rings. The summed E-state index contributed by atoms with van der Waals surface area (Å²) in [4.78, 5) is 36.8. The zero-order valence-electron chi connectivity index (χ0n) is 25.9. The molecule has 1 saturated heterocycles. The molecule has 0 saturated carbocycles. The molecule has 0 bridgehead atoms. The van der Waals surface area contributed by atoms with Crippen LogP contribution in [-0.2, 0) is 9.53 Å². The predicted molar refractivity (Wildman–Crippen MR) is 170 cm³/mol. The van der Waals surface area contributed by atoms with E-state index in [2.05, 4.69) is 15.6 Å². The van der Waals surface area contributed by atoms with Gasteiger partial charge in [0.1, 0.15) is 23.2 Å². The van der Waals surface area contributed by atoms with E-state index in [1.165, 1.54) is 17.0 Å². The second-order valence-electron chi connectivity index (χ2n) is 12.2. The lowest BCUT2D eigenvalue weighted by Crippen LogP contribution is -2.45. The molecule has 1 atom stereocenters. The third kappa shape index (κ3) is 7.07. The van der Waals surface area contributed by atoms with Crippen molar-refractivity contribution < 1.29 is 23.5 Å². The molecule has 3 aromatic carbocycles. The van der Waals surface area contributed by atoms with Gasteiger partial charge in [-0.25, -0.2) is 19.2 Å². The fraction of sp³-hybridized carbons (Fsp3) is 0.353. The van der Waals surface area contributed by atoms with E-state index in [0.717, 1.165) is 28.5 Å². The standard InChI is InChI=1S/C34H38FN5O4/c1-20(2)43-29-17-23(35)13-15-25(29)26-10-7-9-22-19-36-32(39-30(22)26)38-27-18-24(14-12-21(27)3)37-31(41)28-11-8-16-40(28)33(42)44-34(4,5)6/h7,9-10,12-15,17-20,28H,8,11,16H2,1-6H3,(H,37,41)(H,36,38,39)/t28-/m1/s1. The average Bonchev–Trinajstić information content (AvgIpc) is 3.44. The van der Waals surface area contributed by atoms with Crippen LogP contribution >= 0.6 is 0 Å². The molecular formula is C34H38FN5O4. The zero-order valence-corrected chi connectivity index (χ0v) is 25.9. The first-order valence-electron chi connectivity index (χ1n) is 14.8. The lowest BCUT2D eigenvalue weighted by Gasteiger charge is -2.28. The van der Waals surface area contributed by atoms with Crippen molar-refractivity contribution in [3.8, 4) is 16.9 Å². The molecule has 1 aliphatic heterocycles. The summed E-state index contributed by atoms with van der Waals surface area (Å²) in [5, 5.41) is 7.06. The van der Waals surface area contributed by atoms with E-state index in [4.69, 9.17) is 14.5 Å². The van der Waals surface area contributed by atoms with Gasteiger partial charge in [-0.3, -0.25) is 9.69 Å². The number of hydrogen-bond acceptors (Lipinski definition) is 7. The highest BCUT2D eigenvalue weighted by Gasteiger charge is 2.36. The largest absolute Gasteiger partial charge is 0.490 e. The van der Waals surface area contributed by atoms with Crippen LogP contribution in [0.4, 0.5) is 26.5 Å². The zero-order chi connectivity index (χ0) is 31.6. The van der Waals surface area contributed by atoms with Gasteiger partial charge in [0, 0.05) is 46.7 Å². The van der Waals surface area contributed by atoms with Gasteiger partial charge in [0.15, 0.2) is 0 Å². The molecule has 0 unspecified atom stereocenters. The molecule has 9 nitrogen and oxygen atoms in total. The van der Waals surface area contributed by atoms with Crippen LogP contribution in [0.25, 0.3) is 22.0 Å². The van der Waals surface area contributed by atoms with E-state index in [1.807, 2.05) is 57.2 Å². The molecule has 5 rings (SSSR count). The van der Waals surface area contributed by atoms with Gasteiger partial charge in [-0.1, -0.05) is 24.3 Å². The normalized spacial score (nSPS) is 15.0. The van der Waals surface area contributed by atoms with Crippen LogP contribution in [0.15, 0.2) is 60.8 Å². The van der Waals surface area contributed by atoms with E-state index < -0.39 is 17.7 Å². The number of ether oxygens (including phenoxy) is 2. The number of aryl methyl sites for hydroxylation is 1. The smallest absolute Gasteiger partial charge is 0.410 e. The molecule has 2 N–H and O–H groups in total. The van der Waals surface area contributed by atoms with Crippen molar-refractivity contribution in [3.05, 3.63) is 72.2 Å². The van der Waals surface area contributed by atoms with Crippen LogP contribution in [0.5, 0.6) is 5.75 Å². The van der Waals surface area contributed by atoms with Crippen LogP contribution in [0.3, 0.4) is 0 Å².